The highest BCUT2D eigenvalue weighted by Gasteiger charge is 2.62. The molecule has 0 aromatic carbocycles. The maximum atomic E-state index is 5.64. The summed E-state index contributed by atoms with van der Waals surface area (Å²) in [5, 5.41) is 0. The highest BCUT2D eigenvalue weighted by Crippen LogP contribution is 2.69. The van der Waals surface area contributed by atoms with Crippen LogP contribution >= 0.6 is 0 Å². The minimum absolute atomic E-state index is 0.774. The predicted octanol–water partition coefficient (Wildman–Crippen LogP) is 5.27. The molecule has 10 atom stereocenters. The van der Waals surface area contributed by atoms with Crippen LogP contribution in [0.15, 0.2) is 25.7 Å². The Labute approximate surface area is 153 Å². The van der Waals surface area contributed by atoms with Gasteiger partial charge in [0.1, 0.15) is 0 Å². The first-order valence-corrected chi connectivity index (χ1v) is 10.7. The molecule has 5 saturated carbocycles. The fourth-order valence-corrected chi connectivity index (χ4v) is 8.54. The van der Waals surface area contributed by atoms with Crippen molar-refractivity contribution >= 4 is 0 Å². The summed E-state index contributed by atoms with van der Waals surface area (Å²) in [6, 6.07) is 0. The van der Waals surface area contributed by atoms with Gasteiger partial charge in [0.05, 0.1) is 25.7 Å². The SMILES string of the molecule is C=COCC1CCC2C3CC4C5CC(COC=C)C(C5)C4C(C3)C2C1. The van der Waals surface area contributed by atoms with E-state index in [9.17, 15) is 0 Å². The maximum Gasteiger partial charge on any atom is 0.0903 e. The highest BCUT2D eigenvalue weighted by atomic mass is 16.5. The zero-order valence-corrected chi connectivity index (χ0v) is 15.5. The molecule has 25 heavy (non-hydrogen) atoms. The molecule has 0 saturated heterocycles. The largest absolute Gasteiger partial charge is 0.502 e. The molecule has 0 aromatic heterocycles. The topological polar surface area (TPSA) is 18.5 Å². The average molecular weight is 343 g/mol. The van der Waals surface area contributed by atoms with E-state index in [1.54, 1.807) is 25.4 Å². The summed E-state index contributed by atoms with van der Waals surface area (Å²) in [6.45, 7) is 9.30. The molecule has 0 spiro atoms. The van der Waals surface area contributed by atoms with Crippen LogP contribution in [0.2, 0.25) is 0 Å². The third kappa shape index (κ3) is 2.50. The van der Waals surface area contributed by atoms with Gasteiger partial charge in [0.15, 0.2) is 0 Å². The van der Waals surface area contributed by atoms with E-state index in [0.29, 0.717) is 0 Å². The van der Waals surface area contributed by atoms with Crippen molar-refractivity contribution in [3.8, 4) is 0 Å². The van der Waals surface area contributed by atoms with Gasteiger partial charge in [-0.2, -0.15) is 0 Å². The third-order valence-corrected chi connectivity index (χ3v) is 9.12. The Morgan fingerprint density at radius 3 is 2.24 bits per heavy atom. The van der Waals surface area contributed by atoms with E-state index in [0.717, 1.165) is 72.4 Å². The first-order valence-electron chi connectivity index (χ1n) is 10.7. The molecule has 0 radical (unpaired) electrons. The van der Waals surface area contributed by atoms with Crippen molar-refractivity contribution < 1.29 is 9.47 Å². The summed E-state index contributed by atoms with van der Waals surface area (Å²) in [5.41, 5.74) is 0. The van der Waals surface area contributed by atoms with Crippen molar-refractivity contribution in [3.63, 3.8) is 0 Å². The minimum atomic E-state index is 0.774. The lowest BCUT2D eigenvalue weighted by Crippen LogP contribution is -2.39. The van der Waals surface area contributed by atoms with Gasteiger partial charge >= 0.3 is 0 Å². The molecule has 0 aliphatic heterocycles. The van der Waals surface area contributed by atoms with Crippen LogP contribution in [0.1, 0.15) is 44.9 Å². The molecule has 5 aliphatic carbocycles. The van der Waals surface area contributed by atoms with Gasteiger partial charge in [-0.1, -0.05) is 13.2 Å². The van der Waals surface area contributed by atoms with E-state index in [1.165, 1.54) is 32.1 Å². The molecule has 10 unspecified atom stereocenters. The molecule has 2 nitrogen and oxygen atoms in total. The summed E-state index contributed by atoms with van der Waals surface area (Å²) in [7, 11) is 0. The van der Waals surface area contributed by atoms with Gasteiger partial charge in [-0.15, -0.1) is 0 Å². The smallest absolute Gasteiger partial charge is 0.0903 e. The third-order valence-electron chi connectivity index (χ3n) is 9.12. The van der Waals surface area contributed by atoms with Crippen molar-refractivity contribution in [2.45, 2.75) is 44.9 Å². The Kier molecular flexibility index (Phi) is 4.14. The van der Waals surface area contributed by atoms with Gasteiger partial charge in [-0.3, -0.25) is 0 Å². The van der Waals surface area contributed by atoms with Gasteiger partial charge in [0.2, 0.25) is 0 Å². The number of hydrogen-bond donors (Lipinski definition) is 0. The van der Waals surface area contributed by atoms with Crippen LogP contribution in [-0.4, -0.2) is 13.2 Å². The second kappa shape index (κ2) is 6.35. The molecule has 138 valence electrons. The standard InChI is InChI=1S/C23H34O2/c1-3-24-12-14-5-6-18-16-10-19-15-8-17(13-25-4-2)20(9-15)23(19)22(11-16)21(18)7-14/h3-4,14-23H,1-2,5-13H2. The van der Waals surface area contributed by atoms with E-state index in [2.05, 4.69) is 13.2 Å². The lowest BCUT2D eigenvalue weighted by molar-refractivity contribution is 0.0224. The second-order valence-electron chi connectivity index (χ2n) is 9.80. The molecule has 4 bridgehead atoms. The second-order valence-corrected chi connectivity index (χ2v) is 9.80. The van der Waals surface area contributed by atoms with E-state index < -0.39 is 0 Å². The Morgan fingerprint density at radius 2 is 1.40 bits per heavy atom. The Balaban J connectivity index is 1.33. The van der Waals surface area contributed by atoms with Gasteiger partial charge in [-0.25, -0.2) is 0 Å². The Hall–Kier alpha value is -0.920. The van der Waals surface area contributed by atoms with E-state index in [-0.39, 0.29) is 0 Å². The molecule has 5 rings (SSSR count). The predicted molar refractivity (Wildman–Crippen MR) is 99.5 cm³/mol. The van der Waals surface area contributed by atoms with Crippen LogP contribution in [0.4, 0.5) is 0 Å². The van der Waals surface area contributed by atoms with E-state index in [4.69, 9.17) is 9.47 Å². The molecule has 5 aliphatic rings. The quantitative estimate of drug-likeness (QED) is 0.612. The van der Waals surface area contributed by atoms with E-state index >= 15 is 0 Å². The van der Waals surface area contributed by atoms with Crippen molar-refractivity contribution in [2.24, 2.45) is 59.2 Å². The molecule has 0 aromatic rings. The van der Waals surface area contributed by atoms with Gasteiger partial charge in [-0.05, 0) is 104 Å². The molecular formula is C23H34O2. The highest BCUT2D eigenvalue weighted by molar-refractivity contribution is 5.11. The van der Waals surface area contributed by atoms with Crippen LogP contribution < -0.4 is 0 Å². The van der Waals surface area contributed by atoms with E-state index in [1.807, 2.05) is 0 Å². The summed E-state index contributed by atoms with van der Waals surface area (Å²) >= 11 is 0. The monoisotopic (exact) mass is 342 g/mol. The van der Waals surface area contributed by atoms with Crippen LogP contribution in [0.5, 0.6) is 0 Å². The molecular weight excluding hydrogens is 308 g/mol. The zero-order chi connectivity index (χ0) is 17.0. The fourth-order valence-electron chi connectivity index (χ4n) is 8.54. The summed E-state index contributed by atoms with van der Waals surface area (Å²) in [5.74, 6) is 9.72. The van der Waals surface area contributed by atoms with Crippen LogP contribution in [0, 0.1) is 59.2 Å². The number of hydrogen-bond acceptors (Lipinski definition) is 2. The summed E-state index contributed by atoms with van der Waals surface area (Å²) in [4.78, 5) is 0. The number of ether oxygens (including phenoxy) is 2. The van der Waals surface area contributed by atoms with Crippen LogP contribution in [-0.2, 0) is 9.47 Å². The van der Waals surface area contributed by atoms with Gasteiger partial charge in [0.25, 0.3) is 0 Å². The molecule has 5 fully saturated rings. The van der Waals surface area contributed by atoms with Crippen molar-refractivity contribution in [3.05, 3.63) is 25.7 Å². The Bertz CT molecular complexity index is 528. The first-order chi connectivity index (χ1) is 12.3. The zero-order valence-electron chi connectivity index (χ0n) is 15.5. The van der Waals surface area contributed by atoms with Gasteiger partial charge < -0.3 is 9.47 Å². The minimum Gasteiger partial charge on any atom is -0.502 e. The maximum absolute atomic E-state index is 5.64. The van der Waals surface area contributed by atoms with Crippen LogP contribution in [0.25, 0.3) is 0 Å². The van der Waals surface area contributed by atoms with Crippen molar-refractivity contribution in [2.75, 3.05) is 13.2 Å². The summed E-state index contributed by atoms with van der Waals surface area (Å²) in [6.07, 6.45) is 13.6. The van der Waals surface area contributed by atoms with Crippen molar-refractivity contribution in [1.82, 2.24) is 0 Å². The number of rotatable bonds is 6. The molecule has 0 heterocycles. The molecule has 2 heteroatoms. The fraction of sp³-hybridized carbons (Fsp3) is 0.826. The van der Waals surface area contributed by atoms with Crippen molar-refractivity contribution in [1.29, 1.82) is 0 Å². The number of fused-ring (bicyclic) bond motifs is 11. The average Bonchev–Trinajstić information content (AvgIpc) is 3.30. The lowest BCUT2D eigenvalue weighted by atomic mass is 9.61. The lowest BCUT2D eigenvalue weighted by Gasteiger charge is -2.44. The molecule has 0 amide bonds. The first kappa shape index (κ1) is 16.3. The Morgan fingerprint density at radius 1 is 0.680 bits per heavy atom. The van der Waals surface area contributed by atoms with Crippen LogP contribution in [0.3, 0.4) is 0 Å². The van der Waals surface area contributed by atoms with Gasteiger partial charge in [0, 0.05) is 0 Å². The normalized spacial score (nSPS) is 52.3. The molecule has 0 N–H and O–H groups in total. The summed E-state index contributed by atoms with van der Waals surface area (Å²) < 4.78 is 11.2.